The Labute approximate surface area is 183 Å². The van der Waals surface area contributed by atoms with Crippen molar-refractivity contribution in [2.75, 3.05) is 14.2 Å². The van der Waals surface area contributed by atoms with E-state index in [0.29, 0.717) is 5.75 Å². The second-order valence-electron chi connectivity index (χ2n) is 7.48. The number of carbonyl (C=O) groups is 2. The van der Waals surface area contributed by atoms with Gasteiger partial charge in [0, 0.05) is 12.4 Å². The van der Waals surface area contributed by atoms with Gasteiger partial charge in [-0.05, 0) is 22.8 Å². The molecule has 1 saturated carbocycles. The molecule has 0 heterocycles. The van der Waals surface area contributed by atoms with E-state index in [2.05, 4.69) is 10.1 Å². The van der Waals surface area contributed by atoms with Gasteiger partial charge >= 0.3 is 18.2 Å². The van der Waals surface area contributed by atoms with Crippen LogP contribution in [0, 0.1) is 17.3 Å². The van der Waals surface area contributed by atoms with E-state index in [0.717, 1.165) is 16.8 Å². The number of hydrogen-bond donors (Lipinski definition) is 1. The van der Waals surface area contributed by atoms with Gasteiger partial charge in [0.05, 0.1) is 13.0 Å². The Morgan fingerprint density at radius 1 is 1.13 bits per heavy atom. The first kappa shape index (κ1) is 24.5. The zero-order chi connectivity index (χ0) is 23.4. The predicted octanol–water partition coefficient (Wildman–Crippen LogP) is 5.67. The van der Waals surface area contributed by atoms with Crippen LogP contribution in [0.4, 0.5) is 18.0 Å². The minimum atomic E-state index is -4.55. The molecule has 2 aromatic carbocycles. The highest BCUT2D eigenvalue weighted by molar-refractivity contribution is 6.30. The van der Waals surface area contributed by atoms with Crippen LogP contribution in [-0.4, -0.2) is 32.4 Å². The molecule has 2 aromatic rings. The molecule has 1 amide bonds. The molecule has 1 aliphatic rings. The molecular formula is C22H23ClF3NO4. The molecule has 0 saturated heterocycles. The number of allylic oxidation sites excluding steroid dienone is 2. The predicted molar refractivity (Wildman–Crippen MR) is 112 cm³/mol. The molecule has 1 N–H and O–H groups in total. The van der Waals surface area contributed by atoms with E-state index in [1.54, 1.807) is 19.9 Å². The maximum absolute atomic E-state index is 12.2. The summed E-state index contributed by atoms with van der Waals surface area (Å²) in [5, 5.41) is 3.22. The lowest BCUT2D eigenvalue weighted by atomic mass is 10.1. The van der Waals surface area contributed by atoms with Crippen molar-refractivity contribution in [2.24, 2.45) is 17.3 Å². The Balaban J connectivity index is 0.000000220. The summed E-state index contributed by atoms with van der Waals surface area (Å²) in [5.41, 5.74) is -0.529. The normalized spacial score (nSPS) is 19.7. The molecule has 0 bridgehead atoms. The second-order valence-corrected chi connectivity index (χ2v) is 7.88. The van der Waals surface area contributed by atoms with Crippen molar-refractivity contribution in [2.45, 2.75) is 20.0 Å². The van der Waals surface area contributed by atoms with Crippen LogP contribution < -0.4 is 10.1 Å². The lowest BCUT2D eigenvalue weighted by Gasteiger charge is -2.06. The molecule has 1 fully saturated rings. The van der Waals surface area contributed by atoms with E-state index in [4.69, 9.17) is 16.3 Å². The van der Waals surface area contributed by atoms with E-state index in [1.807, 2.05) is 36.4 Å². The number of fused-ring (bicyclic) bond motifs is 1. The first-order valence-electron chi connectivity index (χ1n) is 9.33. The number of methoxy groups -OCH3 is 1. The van der Waals surface area contributed by atoms with Crippen LogP contribution in [0.15, 0.2) is 53.6 Å². The first-order chi connectivity index (χ1) is 14.4. The van der Waals surface area contributed by atoms with Crippen LogP contribution >= 0.6 is 11.6 Å². The molecule has 2 atom stereocenters. The van der Waals surface area contributed by atoms with E-state index in [9.17, 15) is 22.8 Å². The molecular weight excluding hydrogens is 435 g/mol. The van der Waals surface area contributed by atoms with E-state index in [1.165, 1.54) is 14.2 Å². The van der Waals surface area contributed by atoms with E-state index < -0.39 is 40.5 Å². The summed E-state index contributed by atoms with van der Waals surface area (Å²) >= 11 is 5.12. The van der Waals surface area contributed by atoms with Gasteiger partial charge in [-0.3, -0.25) is 4.79 Å². The van der Waals surface area contributed by atoms with Crippen LogP contribution in [0.5, 0.6) is 5.75 Å². The quantitative estimate of drug-likeness (QED) is 0.603. The number of hydrogen-bond acceptors (Lipinski definition) is 4. The zero-order valence-electron chi connectivity index (χ0n) is 17.4. The number of alkyl halides is 3. The maximum Gasteiger partial charge on any atom is 0.426 e. The number of carbonyl (C=O) groups excluding carboxylic acids is 2. The summed E-state index contributed by atoms with van der Waals surface area (Å²) in [6.45, 7) is 3.41. The lowest BCUT2D eigenvalue weighted by molar-refractivity contribution is -0.143. The third kappa shape index (κ3) is 5.91. The first-order valence-corrected chi connectivity index (χ1v) is 9.71. The van der Waals surface area contributed by atoms with E-state index >= 15 is 0 Å². The van der Waals surface area contributed by atoms with Gasteiger partial charge in [0.2, 0.25) is 0 Å². The van der Waals surface area contributed by atoms with Crippen LogP contribution in [0.3, 0.4) is 0 Å². The molecule has 2 unspecified atom stereocenters. The third-order valence-corrected chi connectivity index (χ3v) is 5.46. The van der Waals surface area contributed by atoms with Crippen LogP contribution in [0.1, 0.15) is 13.8 Å². The van der Waals surface area contributed by atoms with Gasteiger partial charge in [0.15, 0.2) is 0 Å². The van der Waals surface area contributed by atoms with Crippen molar-refractivity contribution in [1.82, 2.24) is 5.32 Å². The maximum atomic E-state index is 12.2. The number of ether oxygens (including phenoxy) is 2. The average molecular weight is 458 g/mol. The number of benzene rings is 2. The summed E-state index contributed by atoms with van der Waals surface area (Å²) < 4.78 is 46.2. The van der Waals surface area contributed by atoms with Crippen LogP contribution in [0.25, 0.3) is 10.8 Å². The number of esters is 1. The van der Waals surface area contributed by atoms with Crippen molar-refractivity contribution in [1.29, 1.82) is 0 Å². The fraction of sp³-hybridized carbons (Fsp3) is 0.364. The van der Waals surface area contributed by atoms with Gasteiger partial charge in [-0.25, -0.2) is 4.79 Å². The Morgan fingerprint density at radius 3 is 2.32 bits per heavy atom. The van der Waals surface area contributed by atoms with E-state index in [-0.39, 0.29) is 0 Å². The highest BCUT2D eigenvalue weighted by atomic mass is 35.5. The topological polar surface area (TPSA) is 64.6 Å². The monoisotopic (exact) mass is 457 g/mol. The van der Waals surface area contributed by atoms with Gasteiger partial charge < -0.3 is 14.8 Å². The third-order valence-electron chi connectivity index (χ3n) is 5.12. The van der Waals surface area contributed by atoms with Crippen molar-refractivity contribution < 1.29 is 32.2 Å². The second kappa shape index (κ2) is 9.60. The van der Waals surface area contributed by atoms with Crippen molar-refractivity contribution in [3.05, 3.63) is 53.6 Å². The summed E-state index contributed by atoms with van der Waals surface area (Å²) in [4.78, 5) is 22.3. The molecule has 168 valence electrons. The molecule has 0 aromatic heterocycles. The van der Waals surface area contributed by atoms with Gasteiger partial charge in [-0.15, -0.1) is 0 Å². The summed E-state index contributed by atoms with van der Waals surface area (Å²) in [7, 11) is 2.75. The Morgan fingerprint density at radius 2 is 1.74 bits per heavy atom. The van der Waals surface area contributed by atoms with Crippen molar-refractivity contribution >= 4 is 34.4 Å². The zero-order valence-corrected chi connectivity index (χ0v) is 18.2. The molecule has 31 heavy (non-hydrogen) atoms. The minimum absolute atomic E-state index is 0.452. The fourth-order valence-electron chi connectivity index (χ4n) is 3.25. The van der Waals surface area contributed by atoms with Crippen molar-refractivity contribution in [3.8, 4) is 5.75 Å². The van der Waals surface area contributed by atoms with Crippen LogP contribution in [0.2, 0.25) is 0 Å². The smallest absolute Gasteiger partial charge is 0.426 e. The molecule has 3 rings (SSSR count). The molecule has 0 radical (unpaired) electrons. The molecule has 0 spiro atoms. The van der Waals surface area contributed by atoms with Gasteiger partial charge in [0.25, 0.3) is 0 Å². The summed E-state index contributed by atoms with van der Waals surface area (Å²) in [6.07, 6.45) is -4.12. The highest BCUT2D eigenvalue weighted by Crippen LogP contribution is 2.60. The Hall–Kier alpha value is -2.74. The van der Waals surface area contributed by atoms with Gasteiger partial charge in [0.1, 0.15) is 10.8 Å². The lowest BCUT2D eigenvalue weighted by Crippen LogP contribution is -2.22. The van der Waals surface area contributed by atoms with Gasteiger partial charge in [-0.2, -0.15) is 13.2 Å². The van der Waals surface area contributed by atoms with Crippen LogP contribution in [-0.2, 0) is 9.53 Å². The Kier molecular flexibility index (Phi) is 7.59. The molecule has 0 aliphatic heterocycles. The van der Waals surface area contributed by atoms with Crippen molar-refractivity contribution in [3.63, 3.8) is 0 Å². The number of amides is 1. The van der Waals surface area contributed by atoms with Gasteiger partial charge in [-0.1, -0.05) is 67.9 Å². The minimum Gasteiger partial charge on any atom is -0.469 e. The number of halogens is 4. The average Bonchev–Trinajstić information content (AvgIpc) is 3.27. The SMILES string of the molecule is CNC(=O)Oc1cccc2ccccc12.COC(=O)C1C(C=C(Cl)C(F)(F)F)C1(C)C. The standard InChI is InChI=1S/C12H11NO2.C10H12ClF3O2/c1-13-12(14)15-11-8-4-6-9-5-2-3-7-10(9)11;1-9(2)5(7(9)8(15)16-3)4-6(11)10(12,13)14/h2-8H,1H3,(H,13,14);4-5,7H,1-3H3. The molecule has 5 nitrogen and oxygen atoms in total. The molecule has 9 heteroatoms. The highest BCUT2D eigenvalue weighted by Gasteiger charge is 2.62. The molecule has 1 aliphatic carbocycles. The summed E-state index contributed by atoms with van der Waals surface area (Å²) in [5.74, 6) is -0.993. The fourth-order valence-corrected chi connectivity index (χ4v) is 3.39. The number of nitrogens with one attached hydrogen (secondary N) is 1. The Bertz CT molecular complexity index is 983. The number of rotatable bonds is 3. The largest absolute Gasteiger partial charge is 0.469 e. The summed E-state index contributed by atoms with van der Waals surface area (Å²) in [6, 6.07) is 13.4.